The molecule has 0 atom stereocenters. The van der Waals surface area contributed by atoms with Crippen molar-refractivity contribution in [1.82, 2.24) is 4.90 Å². The minimum atomic E-state index is -4.52. The number of β-amino-alcohol motifs (C(OH)–C–C–N with tert-alkyl or cyclic N) is 1. The Balaban J connectivity index is 2.25. The maximum absolute atomic E-state index is 12.7. The van der Waals surface area contributed by atoms with Crippen LogP contribution in [0.2, 0.25) is 0 Å². The second-order valence-corrected chi connectivity index (χ2v) is 5.70. The van der Waals surface area contributed by atoms with Crippen LogP contribution in [0.4, 0.5) is 13.2 Å². The molecule has 0 radical (unpaired) electrons. The third kappa shape index (κ3) is 2.92. The summed E-state index contributed by atoms with van der Waals surface area (Å²) in [5, 5.41) is 9.53. The van der Waals surface area contributed by atoms with Crippen molar-refractivity contribution in [2.45, 2.75) is 18.7 Å². The van der Waals surface area contributed by atoms with Crippen LogP contribution in [0.3, 0.4) is 0 Å². The molecule has 0 aliphatic carbocycles. The lowest BCUT2D eigenvalue weighted by Gasteiger charge is -2.44. The molecule has 0 spiro atoms. The minimum absolute atomic E-state index is 0.0361. The van der Waals surface area contributed by atoms with Crippen LogP contribution in [0, 0.1) is 0 Å². The number of hydrogen-bond acceptors (Lipinski definition) is 2. The van der Waals surface area contributed by atoms with E-state index in [0.717, 1.165) is 6.07 Å². The van der Waals surface area contributed by atoms with E-state index in [1.807, 2.05) is 0 Å². The number of likely N-dealkylation sites (tertiary alicyclic amines) is 1. The van der Waals surface area contributed by atoms with Crippen LogP contribution in [0.25, 0.3) is 0 Å². The van der Waals surface area contributed by atoms with E-state index in [2.05, 4.69) is 15.9 Å². The Kier molecular flexibility index (Phi) is 3.38. The Bertz CT molecular complexity index is 520. The summed E-state index contributed by atoms with van der Waals surface area (Å²) in [6.45, 7) is 1.83. The molecule has 3 nitrogen and oxygen atoms in total. The minimum Gasteiger partial charge on any atom is -0.386 e. The highest BCUT2D eigenvalue weighted by molar-refractivity contribution is 9.10. The molecular formula is C12H11BrF3NO2. The van der Waals surface area contributed by atoms with Gasteiger partial charge in [0.15, 0.2) is 0 Å². The monoisotopic (exact) mass is 337 g/mol. The molecule has 1 N–H and O–H groups in total. The number of aliphatic hydroxyl groups is 1. The zero-order chi connectivity index (χ0) is 14.4. The maximum Gasteiger partial charge on any atom is 0.417 e. The molecule has 1 aromatic carbocycles. The first-order valence-corrected chi connectivity index (χ1v) is 6.28. The van der Waals surface area contributed by atoms with E-state index in [-0.39, 0.29) is 23.1 Å². The Labute approximate surface area is 116 Å². The van der Waals surface area contributed by atoms with E-state index in [9.17, 15) is 23.1 Å². The molecule has 19 heavy (non-hydrogen) atoms. The summed E-state index contributed by atoms with van der Waals surface area (Å²) in [7, 11) is 0. The fourth-order valence-corrected chi connectivity index (χ4v) is 2.45. The summed E-state index contributed by atoms with van der Waals surface area (Å²) in [5.41, 5.74) is -1.87. The quantitative estimate of drug-likeness (QED) is 0.855. The predicted molar refractivity (Wildman–Crippen MR) is 65.7 cm³/mol. The highest BCUT2D eigenvalue weighted by Gasteiger charge is 2.40. The second kappa shape index (κ2) is 4.49. The fourth-order valence-electron chi connectivity index (χ4n) is 1.98. The van der Waals surface area contributed by atoms with Gasteiger partial charge in [0, 0.05) is 10.0 Å². The lowest BCUT2D eigenvalue weighted by molar-refractivity contribution is -0.138. The number of amides is 1. The number of halogens is 4. The average Bonchev–Trinajstić information content (AvgIpc) is 2.24. The second-order valence-electron chi connectivity index (χ2n) is 4.85. The first-order valence-electron chi connectivity index (χ1n) is 5.48. The lowest BCUT2D eigenvalue weighted by Crippen LogP contribution is -2.61. The van der Waals surface area contributed by atoms with Gasteiger partial charge in [-0.3, -0.25) is 4.79 Å². The van der Waals surface area contributed by atoms with Crippen LogP contribution in [0.1, 0.15) is 22.8 Å². The molecule has 2 rings (SSSR count). The van der Waals surface area contributed by atoms with Gasteiger partial charge in [-0.15, -0.1) is 0 Å². The summed E-state index contributed by atoms with van der Waals surface area (Å²) in [6.07, 6.45) is -4.52. The van der Waals surface area contributed by atoms with Gasteiger partial charge in [-0.1, -0.05) is 15.9 Å². The van der Waals surface area contributed by atoms with Crippen LogP contribution in [-0.4, -0.2) is 34.6 Å². The van der Waals surface area contributed by atoms with Crippen LogP contribution >= 0.6 is 15.9 Å². The number of nitrogens with zero attached hydrogens (tertiary/aromatic N) is 1. The van der Waals surface area contributed by atoms with Gasteiger partial charge in [-0.25, -0.2) is 0 Å². The van der Waals surface area contributed by atoms with E-state index in [1.54, 1.807) is 6.92 Å². The van der Waals surface area contributed by atoms with E-state index >= 15 is 0 Å². The Hall–Kier alpha value is -1.08. The molecule has 0 unspecified atom stereocenters. The van der Waals surface area contributed by atoms with Crippen molar-refractivity contribution >= 4 is 21.8 Å². The SMILES string of the molecule is CC1(O)CN(C(=O)c2ccc(Br)c(C(F)(F)F)c2)C1. The van der Waals surface area contributed by atoms with Gasteiger partial charge in [0.2, 0.25) is 0 Å². The van der Waals surface area contributed by atoms with Crippen molar-refractivity contribution in [2.75, 3.05) is 13.1 Å². The molecule has 0 aromatic heterocycles. The molecule has 1 fully saturated rings. The van der Waals surface area contributed by atoms with Gasteiger partial charge in [-0.05, 0) is 25.1 Å². The maximum atomic E-state index is 12.7. The molecular weight excluding hydrogens is 327 g/mol. The van der Waals surface area contributed by atoms with E-state index in [1.165, 1.54) is 17.0 Å². The van der Waals surface area contributed by atoms with Gasteiger partial charge in [0.05, 0.1) is 24.3 Å². The molecule has 1 heterocycles. The van der Waals surface area contributed by atoms with E-state index in [0.29, 0.717) is 0 Å². The molecule has 1 amide bonds. The summed E-state index contributed by atoms with van der Waals surface area (Å²) >= 11 is 2.82. The lowest BCUT2D eigenvalue weighted by atomic mass is 9.95. The largest absolute Gasteiger partial charge is 0.417 e. The summed E-state index contributed by atoms with van der Waals surface area (Å²) in [5.74, 6) is -0.510. The Morgan fingerprint density at radius 1 is 1.42 bits per heavy atom. The first kappa shape index (κ1) is 14.3. The van der Waals surface area contributed by atoms with Gasteiger partial charge >= 0.3 is 6.18 Å². The average molecular weight is 338 g/mol. The van der Waals surface area contributed by atoms with Crippen LogP contribution < -0.4 is 0 Å². The third-order valence-electron chi connectivity index (χ3n) is 2.87. The molecule has 0 bridgehead atoms. The normalized spacial score (nSPS) is 18.1. The van der Waals surface area contributed by atoms with Crippen molar-refractivity contribution in [3.05, 3.63) is 33.8 Å². The number of carbonyl (C=O) groups excluding carboxylic acids is 1. The number of benzene rings is 1. The van der Waals surface area contributed by atoms with Crippen molar-refractivity contribution < 1.29 is 23.1 Å². The van der Waals surface area contributed by atoms with Crippen molar-refractivity contribution in [2.24, 2.45) is 0 Å². The number of carbonyl (C=O) groups is 1. The molecule has 0 saturated carbocycles. The van der Waals surface area contributed by atoms with Crippen LogP contribution in [-0.2, 0) is 6.18 Å². The van der Waals surface area contributed by atoms with Gasteiger partial charge < -0.3 is 10.0 Å². The van der Waals surface area contributed by atoms with Gasteiger partial charge in [0.1, 0.15) is 0 Å². The highest BCUT2D eigenvalue weighted by Crippen LogP contribution is 2.35. The first-order chi connectivity index (χ1) is 8.60. The smallest absolute Gasteiger partial charge is 0.386 e. The Morgan fingerprint density at radius 2 is 2.00 bits per heavy atom. The topological polar surface area (TPSA) is 40.5 Å². The molecule has 104 valence electrons. The van der Waals surface area contributed by atoms with Crippen LogP contribution in [0.15, 0.2) is 22.7 Å². The van der Waals surface area contributed by atoms with Crippen molar-refractivity contribution in [1.29, 1.82) is 0 Å². The van der Waals surface area contributed by atoms with Gasteiger partial charge in [-0.2, -0.15) is 13.2 Å². The molecule has 7 heteroatoms. The summed E-state index contributed by atoms with van der Waals surface area (Å²) in [4.78, 5) is 13.2. The number of alkyl halides is 3. The zero-order valence-electron chi connectivity index (χ0n) is 9.96. The fraction of sp³-hybridized carbons (Fsp3) is 0.417. The molecule has 1 aliphatic rings. The zero-order valence-corrected chi connectivity index (χ0v) is 11.5. The van der Waals surface area contributed by atoms with E-state index < -0.39 is 23.2 Å². The van der Waals surface area contributed by atoms with Crippen LogP contribution in [0.5, 0.6) is 0 Å². The number of rotatable bonds is 1. The Morgan fingerprint density at radius 3 is 2.47 bits per heavy atom. The number of hydrogen-bond donors (Lipinski definition) is 1. The highest BCUT2D eigenvalue weighted by atomic mass is 79.9. The molecule has 1 aromatic rings. The summed E-state index contributed by atoms with van der Waals surface area (Å²) in [6, 6.07) is 3.35. The summed E-state index contributed by atoms with van der Waals surface area (Å²) < 4.78 is 38.0. The predicted octanol–water partition coefficient (Wildman–Crippen LogP) is 2.67. The van der Waals surface area contributed by atoms with E-state index in [4.69, 9.17) is 0 Å². The molecule has 1 aliphatic heterocycles. The molecule has 1 saturated heterocycles. The van der Waals surface area contributed by atoms with Gasteiger partial charge in [0.25, 0.3) is 5.91 Å². The van der Waals surface area contributed by atoms with Crippen molar-refractivity contribution in [3.63, 3.8) is 0 Å². The van der Waals surface area contributed by atoms with Crippen molar-refractivity contribution in [3.8, 4) is 0 Å². The third-order valence-corrected chi connectivity index (χ3v) is 3.56. The standard InChI is InChI=1S/C12H11BrF3NO2/c1-11(19)5-17(6-11)10(18)7-2-3-9(13)8(4-7)12(14,15)16/h2-4,19H,5-6H2,1H3.